The number of halogens is 1. The fourth-order valence-electron chi connectivity index (χ4n) is 2.23. The average Bonchev–Trinajstić information content (AvgIpc) is 2.84. The Morgan fingerprint density at radius 2 is 2.22 bits per heavy atom. The minimum atomic E-state index is -0.544. The van der Waals surface area contributed by atoms with E-state index in [1.54, 1.807) is 13.1 Å². The Morgan fingerprint density at radius 1 is 1.44 bits per heavy atom. The molecule has 0 fully saturated rings. The van der Waals surface area contributed by atoms with Crippen LogP contribution in [0.25, 0.3) is 16.6 Å². The van der Waals surface area contributed by atoms with E-state index in [9.17, 15) is 14.6 Å². The van der Waals surface area contributed by atoms with Crippen LogP contribution in [0.5, 0.6) is 5.88 Å². The SMILES string of the molecule is Cn1cc(F)c2c(O)nc(C3=CC(O)CC3)nc21. The van der Waals surface area contributed by atoms with Gasteiger partial charge in [-0.2, -0.15) is 4.98 Å². The molecule has 0 bridgehead atoms. The lowest BCUT2D eigenvalue weighted by molar-refractivity contribution is 0.223. The lowest BCUT2D eigenvalue weighted by Crippen LogP contribution is -1.97. The van der Waals surface area contributed by atoms with Crippen LogP contribution in [0.1, 0.15) is 18.7 Å². The van der Waals surface area contributed by atoms with Crippen molar-refractivity contribution in [3.63, 3.8) is 0 Å². The molecular weight excluding hydrogens is 237 g/mol. The largest absolute Gasteiger partial charge is 0.493 e. The molecule has 1 aliphatic carbocycles. The summed E-state index contributed by atoms with van der Waals surface area (Å²) in [6, 6.07) is 0. The number of aryl methyl sites for hydroxylation is 1. The zero-order valence-corrected chi connectivity index (χ0v) is 9.76. The van der Waals surface area contributed by atoms with Crippen molar-refractivity contribution in [1.29, 1.82) is 0 Å². The van der Waals surface area contributed by atoms with Gasteiger partial charge in [-0.3, -0.25) is 0 Å². The van der Waals surface area contributed by atoms with Crippen molar-refractivity contribution in [3.05, 3.63) is 23.9 Å². The molecule has 94 valence electrons. The van der Waals surface area contributed by atoms with E-state index >= 15 is 0 Å². The monoisotopic (exact) mass is 249 g/mol. The number of allylic oxidation sites excluding steroid dienone is 1. The lowest BCUT2D eigenvalue weighted by atomic mass is 10.2. The summed E-state index contributed by atoms with van der Waals surface area (Å²) < 4.78 is 15.0. The van der Waals surface area contributed by atoms with Crippen LogP contribution in [0.15, 0.2) is 12.3 Å². The number of nitrogens with zero attached hydrogens (tertiary/aromatic N) is 3. The summed E-state index contributed by atoms with van der Waals surface area (Å²) >= 11 is 0. The molecule has 0 amide bonds. The smallest absolute Gasteiger partial charge is 0.227 e. The highest BCUT2D eigenvalue weighted by molar-refractivity contribution is 5.83. The van der Waals surface area contributed by atoms with Crippen molar-refractivity contribution in [2.75, 3.05) is 0 Å². The number of rotatable bonds is 1. The summed E-state index contributed by atoms with van der Waals surface area (Å²) in [5.41, 5.74) is 1.12. The normalized spacial score (nSPS) is 19.5. The van der Waals surface area contributed by atoms with Crippen LogP contribution in [0.4, 0.5) is 4.39 Å². The van der Waals surface area contributed by atoms with Gasteiger partial charge in [0, 0.05) is 13.2 Å². The molecule has 1 aliphatic rings. The molecule has 0 aliphatic heterocycles. The molecule has 0 aromatic carbocycles. The van der Waals surface area contributed by atoms with Crippen molar-refractivity contribution in [2.24, 2.45) is 7.05 Å². The molecule has 0 radical (unpaired) electrons. The Balaban J connectivity index is 2.21. The molecule has 18 heavy (non-hydrogen) atoms. The molecule has 3 rings (SSSR count). The number of hydrogen-bond donors (Lipinski definition) is 2. The summed E-state index contributed by atoms with van der Waals surface area (Å²) in [4.78, 5) is 8.15. The predicted octanol–water partition coefficient (Wildman–Crippen LogP) is 1.35. The van der Waals surface area contributed by atoms with Gasteiger partial charge in [0.1, 0.15) is 5.39 Å². The molecule has 5 nitrogen and oxygen atoms in total. The molecule has 2 aromatic rings. The molecule has 1 unspecified atom stereocenters. The van der Waals surface area contributed by atoms with Crippen LogP contribution in [0.2, 0.25) is 0 Å². The number of hydrogen-bond acceptors (Lipinski definition) is 4. The van der Waals surface area contributed by atoms with Gasteiger partial charge in [-0.1, -0.05) is 0 Å². The molecule has 2 N–H and O–H groups in total. The first-order valence-electron chi connectivity index (χ1n) is 5.67. The van der Waals surface area contributed by atoms with Gasteiger partial charge in [-0.05, 0) is 24.5 Å². The molecular formula is C12H12FN3O2. The number of aromatic nitrogens is 3. The highest BCUT2D eigenvalue weighted by Gasteiger charge is 2.20. The van der Waals surface area contributed by atoms with Crippen molar-refractivity contribution >= 4 is 16.6 Å². The average molecular weight is 249 g/mol. The van der Waals surface area contributed by atoms with Crippen LogP contribution in [-0.4, -0.2) is 30.9 Å². The van der Waals surface area contributed by atoms with Crippen molar-refractivity contribution in [3.8, 4) is 5.88 Å². The Kier molecular flexibility index (Phi) is 2.34. The highest BCUT2D eigenvalue weighted by Crippen LogP contribution is 2.31. The van der Waals surface area contributed by atoms with Gasteiger partial charge in [0.05, 0.1) is 6.10 Å². The number of aliphatic hydroxyl groups is 1. The molecule has 0 saturated carbocycles. The van der Waals surface area contributed by atoms with Crippen molar-refractivity contribution < 1.29 is 14.6 Å². The van der Waals surface area contributed by atoms with Crippen LogP contribution < -0.4 is 0 Å². The third kappa shape index (κ3) is 1.57. The van der Waals surface area contributed by atoms with Gasteiger partial charge in [0.15, 0.2) is 17.3 Å². The maximum Gasteiger partial charge on any atom is 0.227 e. The van der Waals surface area contributed by atoms with Gasteiger partial charge in [-0.25, -0.2) is 9.37 Å². The lowest BCUT2D eigenvalue weighted by Gasteiger charge is -2.03. The summed E-state index contributed by atoms with van der Waals surface area (Å²) in [6.07, 6.45) is 3.70. The maximum atomic E-state index is 13.5. The van der Waals surface area contributed by atoms with Gasteiger partial charge in [-0.15, -0.1) is 0 Å². The molecule has 1 atom stereocenters. The zero-order chi connectivity index (χ0) is 12.9. The Hall–Kier alpha value is -1.95. The van der Waals surface area contributed by atoms with Gasteiger partial charge in [0.25, 0.3) is 0 Å². The predicted molar refractivity (Wildman–Crippen MR) is 63.3 cm³/mol. The van der Waals surface area contributed by atoms with Gasteiger partial charge < -0.3 is 14.8 Å². The van der Waals surface area contributed by atoms with Crippen LogP contribution in [-0.2, 0) is 7.05 Å². The van der Waals surface area contributed by atoms with E-state index in [-0.39, 0.29) is 11.3 Å². The van der Waals surface area contributed by atoms with E-state index in [1.807, 2.05) is 0 Å². The quantitative estimate of drug-likeness (QED) is 0.800. The van der Waals surface area contributed by atoms with E-state index in [0.29, 0.717) is 24.3 Å². The Labute approximate surface area is 102 Å². The van der Waals surface area contributed by atoms with Crippen LogP contribution in [0, 0.1) is 5.82 Å². The van der Waals surface area contributed by atoms with Crippen molar-refractivity contribution in [2.45, 2.75) is 18.9 Å². The third-order valence-electron chi connectivity index (χ3n) is 3.14. The number of aliphatic hydroxyl groups excluding tert-OH is 1. The first-order chi connectivity index (χ1) is 8.56. The fraction of sp³-hybridized carbons (Fsp3) is 0.333. The summed E-state index contributed by atoms with van der Waals surface area (Å²) in [5, 5.41) is 19.2. The minimum Gasteiger partial charge on any atom is -0.493 e. The second-order valence-electron chi connectivity index (χ2n) is 4.46. The molecule has 0 saturated heterocycles. The standard InChI is InChI=1S/C12H12FN3O2/c1-16-5-8(13)9-11(16)14-10(15-12(9)18)6-2-3-7(17)4-6/h4-5,7,17H,2-3H2,1H3,(H,14,15,18). The Morgan fingerprint density at radius 3 is 2.89 bits per heavy atom. The number of aromatic hydroxyl groups is 1. The number of fused-ring (bicyclic) bond motifs is 1. The molecule has 2 heterocycles. The fourth-order valence-corrected chi connectivity index (χ4v) is 2.23. The molecule has 2 aromatic heterocycles. The first kappa shape index (κ1) is 11.2. The third-order valence-corrected chi connectivity index (χ3v) is 3.14. The van der Waals surface area contributed by atoms with E-state index in [0.717, 1.165) is 5.57 Å². The van der Waals surface area contributed by atoms with E-state index < -0.39 is 11.9 Å². The Bertz CT molecular complexity index is 663. The highest BCUT2D eigenvalue weighted by atomic mass is 19.1. The summed E-state index contributed by atoms with van der Waals surface area (Å²) in [7, 11) is 1.65. The minimum absolute atomic E-state index is 0.0281. The van der Waals surface area contributed by atoms with E-state index in [1.165, 1.54) is 10.8 Å². The molecule has 6 heteroatoms. The van der Waals surface area contributed by atoms with E-state index in [4.69, 9.17) is 0 Å². The molecule has 0 spiro atoms. The maximum absolute atomic E-state index is 13.5. The second kappa shape index (κ2) is 3.78. The topological polar surface area (TPSA) is 71.2 Å². The first-order valence-corrected chi connectivity index (χ1v) is 5.67. The van der Waals surface area contributed by atoms with Crippen LogP contribution >= 0.6 is 0 Å². The van der Waals surface area contributed by atoms with Gasteiger partial charge in [0.2, 0.25) is 5.88 Å². The van der Waals surface area contributed by atoms with Crippen LogP contribution in [0.3, 0.4) is 0 Å². The summed E-state index contributed by atoms with van der Waals surface area (Å²) in [5.74, 6) is -0.565. The summed E-state index contributed by atoms with van der Waals surface area (Å²) in [6.45, 7) is 0. The zero-order valence-electron chi connectivity index (χ0n) is 9.76. The second-order valence-corrected chi connectivity index (χ2v) is 4.46. The van der Waals surface area contributed by atoms with Gasteiger partial charge >= 0.3 is 0 Å². The van der Waals surface area contributed by atoms with Crippen molar-refractivity contribution in [1.82, 2.24) is 14.5 Å². The van der Waals surface area contributed by atoms with E-state index in [2.05, 4.69) is 9.97 Å².